The molecule has 0 bridgehead atoms. The maximum Gasteiger partial charge on any atom is 0.221 e. The molecule has 0 spiro atoms. The van der Waals surface area contributed by atoms with Gasteiger partial charge in [-0.15, -0.1) is 0 Å². The van der Waals surface area contributed by atoms with Crippen molar-refractivity contribution < 1.29 is 9.53 Å². The second kappa shape index (κ2) is 6.86. The summed E-state index contributed by atoms with van der Waals surface area (Å²) in [5.74, 6) is 0.0594. The minimum Gasteiger partial charge on any atom is -0.380 e. The summed E-state index contributed by atoms with van der Waals surface area (Å²) in [5, 5.41) is 2.85. The first kappa shape index (κ1) is 13.5. The van der Waals surface area contributed by atoms with Crippen LogP contribution in [0, 0.1) is 0 Å². The lowest BCUT2D eigenvalue weighted by Gasteiger charge is -2.32. The van der Waals surface area contributed by atoms with E-state index in [1.165, 1.54) is 6.42 Å². The molecule has 94 valence electrons. The molecule has 0 aliphatic heterocycles. The van der Waals surface area contributed by atoms with Crippen molar-refractivity contribution in [2.45, 2.75) is 51.0 Å². The third kappa shape index (κ3) is 4.94. The molecule has 0 radical (unpaired) electrons. The molecule has 0 aromatic carbocycles. The van der Waals surface area contributed by atoms with E-state index in [9.17, 15) is 4.79 Å². The fourth-order valence-electron chi connectivity index (χ4n) is 2.22. The van der Waals surface area contributed by atoms with E-state index in [2.05, 4.69) is 5.32 Å². The van der Waals surface area contributed by atoms with Crippen molar-refractivity contribution in [1.29, 1.82) is 0 Å². The molecular weight excluding hydrogens is 204 g/mol. The molecule has 4 nitrogen and oxygen atoms in total. The van der Waals surface area contributed by atoms with Crippen LogP contribution >= 0.6 is 0 Å². The van der Waals surface area contributed by atoms with Gasteiger partial charge in [-0.1, -0.05) is 19.3 Å². The SMILES string of the molecule is CCOCCNC(=O)CC1(N)CCCCC1. The van der Waals surface area contributed by atoms with E-state index in [-0.39, 0.29) is 11.4 Å². The van der Waals surface area contributed by atoms with Crippen LogP contribution in [0.1, 0.15) is 45.4 Å². The molecular formula is C12H24N2O2. The highest BCUT2D eigenvalue weighted by atomic mass is 16.5. The molecule has 1 rings (SSSR count). The van der Waals surface area contributed by atoms with Gasteiger partial charge < -0.3 is 15.8 Å². The Hall–Kier alpha value is -0.610. The Bertz CT molecular complexity index is 213. The number of carbonyl (C=O) groups is 1. The Morgan fingerprint density at radius 3 is 2.69 bits per heavy atom. The number of hydrogen-bond donors (Lipinski definition) is 2. The molecule has 0 heterocycles. The van der Waals surface area contributed by atoms with Crippen molar-refractivity contribution in [3.8, 4) is 0 Å². The van der Waals surface area contributed by atoms with E-state index in [4.69, 9.17) is 10.5 Å². The third-order valence-corrected chi connectivity index (χ3v) is 3.13. The van der Waals surface area contributed by atoms with E-state index in [1.807, 2.05) is 6.92 Å². The molecule has 1 aliphatic carbocycles. The molecule has 4 heteroatoms. The monoisotopic (exact) mass is 228 g/mol. The van der Waals surface area contributed by atoms with Gasteiger partial charge in [0.05, 0.1) is 6.61 Å². The highest BCUT2D eigenvalue weighted by Gasteiger charge is 2.29. The fourth-order valence-corrected chi connectivity index (χ4v) is 2.22. The molecule has 1 fully saturated rings. The second-order valence-electron chi connectivity index (χ2n) is 4.65. The Balaban J connectivity index is 2.17. The smallest absolute Gasteiger partial charge is 0.221 e. The van der Waals surface area contributed by atoms with Gasteiger partial charge in [-0.2, -0.15) is 0 Å². The van der Waals surface area contributed by atoms with E-state index in [0.717, 1.165) is 25.7 Å². The summed E-state index contributed by atoms with van der Waals surface area (Å²) in [6, 6.07) is 0. The van der Waals surface area contributed by atoms with Gasteiger partial charge in [0, 0.05) is 25.1 Å². The molecule has 1 amide bonds. The zero-order valence-electron chi connectivity index (χ0n) is 10.3. The Labute approximate surface area is 97.9 Å². The number of carbonyl (C=O) groups excluding carboxylic acids is 1. The minimum atomic E-state index is -0.256. The molecule has 3 N–H and O–H groups in total. The highest BCUT2D eigenvalue weighted by Crippen LogP contribution is 2.28. The van der Waals surface area contributed by atoms with Crippen molar-refractivity contribution in [1.82, 2.24) is 5.32 Å². The maximum absolute atomic E-state index is 11.6. The van der Waals surface area contributed by atoms with Crippen LogP contribution in [-0.4, -0.2) is 31.2 Å². The molecule has 1 aliphatic rings. The lowest BCUT2D eigenvalue weighted by atomic mass is 9.80. The number of rotatable bonds is 6. The van der Waals surface area contributed by atoms with Crippen LogP contribution in [0.4, 0.5) is 0 Å². The number of nitrogens with two attached hydrogens (primary N) is 1. The number of hydrogen-bond acceptors (Lipinski definition) is 3. The van der Waals surface area contributed by atoms with Gasteiger partial charge >= 0.3 is 0 Å². The van der Waals surface area contributed by atoms with E-state index < -0.39 is 0 Å². The first-order valence-electron chi connectivity index (χ1n) is 6.30. The highest BCUT2D eigenvalue weighted by molar-refractivity contribution is 5.77. The van der Waals surface area contributed by atoms with Crippen LogP contribution in [0.3, 0.4) is 0 Å². The van der Waals surface area contributed by atoms with Crippen LogP contribution in [0.5, 0.6) is 0 Å². The quantitative estimate of drug-likeness (QED) is 0.671. The van der Waals surface area contributed by atoms with Crippen LogP contribution in [0.15, 0.2) is 0 Å². The average molecular weight is 228 g/mol. The fraction of sp³-hybridized carbons (Fsp3) is 0.917. The normalized spacial score (nSPS) is 19.4. The second-order valence-corrected chi connectivity index (χ2v) is 4.65. The van der Waals surface area contributed by atoms with Crippen molar-refractivity contribution in [3.63, 3.8) is 0 Å². The van der Waals surface area contributed by atoms with Crippen molar-refractivity contribution in [3.05, 3.63) is 0 Å². The average Bonchev–Trinajstić information content (AvgIpc) is 2.25. The molecule has 0 unspecified atom stereocenters. The molecule has 1 saturated carbocycles. The van der Waals surface area contributed by atoms with Gasteiger partial charge in [-0.3, -0.25) is 4.79 Å². The first-order chi connectivity index (χ1) is 7.66. The predicted molar refractivity (Wildman–Crippen MR) is 64.1 cm³/mol. The first-order valence-corrected chi connectivity index (χ1v) is 6.30. The van der Waals surface area contributed by atoms with Gasteiger partial charge in [0.2, 0.25) is 5.91 Å². The number of ether oxygens (including phenoxy) is 1. The standard InChI is InChI=1S/C12H24N2O2/c1-2-16-9-8-14-11(15)10-12(13)6-4-3-5-7-12/h2-10,13H2,1H3,(H,14,15). The molecule has 0 saturated heterocycles. The summed E-state index contributed by atoms with van der Waals surface area (Å²) in [6.45, 7) is 3.80. The van der Waals surface area contributed by atoms with E-state index >= 15 is 0 Å². The van der Waals surface area contributed by atoms with Crippen molar-refractivity contribution >= 4 is 5.91 Å². The molecule has 0 atom stereocenters. The maximum atomic E-state index is 11.6. The largest absolute Gasteiger partial charge is 0.380 e. The summed E-state index contributed by atoms with van der Waals surface area (Å²) in [5.41, 5.74) is 5.94. The summed E-state index contributed by atoms with van der Waals surface area (Å²) in [4.78, 5) is 11.6. The van der Waals surface area contributed by atoms with Gasteiger partial charge in [0.1, 0.15) is 0 Å². The zero-order chi connectivity index (χ0) is 11.9. The Morgan fingerprint density at radius 2 is 2.06 bits per heavy atom. The van der Waals surface area contributed by atoms with E-state index in [0.29, 0.717) is 26.2 Å². The summed E-state index contributed by atoms with van der Waals surface area (Å²) >= 11 is 0. The van der Waals surface area contributed by atoms with Crippen molar-refractivity contribution in [2.24, 2.45) is 5.73 Å². The Morgan fingerprint density at radius 1 is 1.38 bits per heavy atom. The third-order valence-electron chi connectivity index (χ3n) is 3.13. The van der Waals surface area contributed by atoms with Crippen LogP contribution < -0.4 is 11.1 Å². The van der Waals surface area contributed by atoms with Gasteiger partial charge in [0.25, 0.3) is 0 Å². The minimum absolute atomic E-state index is 0.0594. The Kier molecular flexibility index (Phi) is 5.77. The zero-order valence-corrected chi connectivity index (χ0v) is 10.3. The van der Waals surface area contributed by atoms with Gasteiger partial charge in [-0.25, -0.2) is 0 Å². The number of amides is 1. The summed E-state index contributed by atoms with van der Waals surface area (Å²) in [6.07, 6.45) is 5.98. The van der Waals surface area contributed by atoms with Gasteiger partial charge in [0.15, 0.2) is 0 Å². The number of nitrogens with one attached hydrogen (secondary N) is 1. The van der Waals surface area contributed by atoms with Crippen molar-refractivity contribution in [2.75, 3.05) is 19.8 Å². The van der Waals surface area contributed by atoms with Crippen LogP contribution in [-0.2, 0) is 9.53 Å². The van der Waals surface area contributed by atoms with Crippen LogP contribution in [0.25, 0.3) is 0 Å². The molecule has 0 aromatic heterocycles. The summed E-state index contributed by atoms with van der Waals surface area (Å²) in [7, 11) is 0. The van der Waals surface area contributed by atoms with E-state index in [1.54, 1.807) is 0 Å². The van der Waals surface area contributed by atoms with Crippen LogP contribution in [0.2, 0.25) is 0 Å². The predicted octanol–water partition coefficient (Wildman–Crippen LogP) is 1.19. The molecule has 16 heavy (non-hydrogen) atoms. The van der Waals surface area contributed by atoms with Gasteiger partial charge in [-0.05, 0) is 19.8 Å². The summed E-state index contributed by atoms with van der Waals surface area (Å²) < 4.78 is 5.15. The lowest BCUT2D eigenvalue weighted by molar-refractivity contribution is -0.122. The lowest BCUT2D eigenvalue weighted by Crippen LogP contribution is -2.46. The molecule has 0 aromatic rings. The topological polar surface area (TPSA) is 64.3 Å².